The van der Waals surface area contributed by atoms with Crippen molar-refractivity contribution in [2.24, 2.45) is 0 Å². The largest absolute Gasteiger partial charge is 0.369 e. The van der Waals surface area contributed by atoms with Crippen molar-refractivity contribution in [1.29, 1.82) is 0 Å². The molecule has 0 saturated carbocycles. The minimum atomic E-state index is -0.202. The number of rotatable bonds is 6. The fourth-order valence-electron chi connectivity index (χ4n) is 1.99. The average Bonchev–Trinajstić information content (AvgIpc) is 2.81. The number of anilines is 1. The van der Waals surface area contributed by atoms with E-state index in [-0.39, 0.29) is 5.82 Å². The van der Waals surface area contributed by atoms with Crippen LogP contribution in [0.5, 0.6) is 0 Å². The lowest BCUT2D eigenvalue weighted by Crippen LogP contribution is -2.17. The zero-order valence-electron chi connectivity index (χ0n) is 11.6. The van der Waals surface area contributed by atoms with Gasteiger partial charge in [-0.3, -0.25) is 0 Å². The number of nitrogens with one attached hydrogen (secondary N) is 1. The molecule has 1 aromatic carbocycles. The second-order valence-electron chi connectivity index (χ2n) is 4.66. The molecule has 0 atom stereocenters. The molecule has 108 valence electrons. The molecule has 0 bridgehead atoms. The Kier molecular flexibility index (Phi) is 5.40. The van der Waals surface area contributed by atoms with Crippen LogP contribution in [0.1, 0.15) is 17.4 Å². The van der Waals surface area contributed by atoms with Gasteiger partial charge in [-0.25, -0.2) is 4.39 Å². The van der Waals surface area contributed by atoms with Gasteiger partial charge in [0.2, 0.25) is 0 Å². The second-order valence-corrected chi connectivity index (χ2v) is 6.46. The molecule has 20 heavy (non-hydrogen) atoms. The van der Waals surface area contributed by atoms with Crippen LogP contribution < -0.4 is 10.2 Å². The summed E-state index contributed by atoms with van der Waals surface area (Å²) in [4.78, 5) is 3.19. The third kappa shape index (κ3) is 4.20. The maximum atomic E-state index is 13.7. The van der Waals surface area contributed by atoms with E-state index >= 15 is 0 Å². The minimum absolute atomic E-state index is 0.202. The van der Waals surface area contributed by atoms with E-state index in [1.165, 1.54) is 0 Å². The number of thiophene rings is 1. The van der Waals surface area contributed by atoms with E-state index < -0.39 is 0 Å². The van der Waals surface area contributed by atoms with E-state index in [9.17, 15) is 4.39 Å². The molecule has 2 nitrogen and oxygen atoms in total. The van der Waals surface area contributed by atoms with E-state index in [1.807, 2.05) is 37.1 Å². The van der Waals surface area contributed by atoms with Gasteiger partial charge in [0.05, 0.1) is 10.9 Å². The molecule has 0 radical (unpaired) electrons. The van der Waals surface area contributed by atoms with Crippen LogP contribution in [0.4, 0.5) is 10.1 Å². The SMILES string of the molecule is CCNCc1cc(F)cc(N(C)Cc2ccc(Cl)s2)c1. The quantitative estimate of drug-likeness (QED) is 0.856. The lowest BCUT2D eigenvalue weighted by atomic mass is 10.1. The van der Waals surface area contributed by atoms with Gasteiger partial charge in [-0.15, -0.1) is 11.3 Å². The molecule has 0 aliphatic carbocycles. The van der Waals surface area contributed by atoms with E-state index in [4.69, 9.17) is 11.6 Å². The highest BCUT2D eigenvalue weighted by Gasteiger charge is 2.07. The topological polar surface area (TPSA) is 15.3 Å². The summed E-state index contributed by atoms with van der Waals surface area (Å²) in [7, 11) is 1.96. The Labute approximate surface area is 128 Å². The summed E-state index contributed by atoms with van der Waals surface area (Å²) >= 11 is 7.48. The maximum absolute atomic E-state index is 13.7. The Morgan fingerprint density at radius 1 is 1.30 bits per heavy atom. The maximum Gasteiger partial charge on any atom is 0.125 e. The first-order valence-corrected chi connectivity index (χ1v) is 7.73. The van der Waals surface area contributed by atoms with Crippen molar-refractivity contribution < 1.29 is 4.39 Å². The van der Waals surface area contributed by atoms with Crippen LogP contribution in [0.2, 0.25) is 4.34 Å². The predicted octanol–water partition coefficient (Wildman–Crippen LogP) is 4.29. The van der Waals surface area contributed by atoms with Crippen molar-refractivity contribution >= 4 is 28.6 Å². The Morgan fingerprint density at radius 2 is 2.10 bits per heavy atom. The summed E-state index contributed by atoms with van der Waals surface area (Å²) in [6.45, 7) is 4.31. The number of hydrogen-bond acceptors (Lipinski definition) is 3. The average molecular weight is 313 g/mol. The smallest absolute Gasteiger partial charge is 0.125 e. The van der Waals surface area contributed by atoms with Crippen molar-refractivity contribution in [3.05, 3.63) is 50.9 Å². The molecule has 1 N–H and O–H groups in total. The Balaban J connectivity index is 2.12. The van der Waals surface area contributed by atoms with Crippen LogP contribution in [-0.4, -0.2) is 13.6 Å². The fourth-order valence-corrected chi connectivity index (χ4v) is 3.13. The molecule has 0 fully saturated rings. The van der Waals surface area contributed by atoms with E-state index in [2.05, 4.69) is 5.32 Å². The molecule has 0 saturated heterocycles. The molecule has 2 aromatic rings. The van der Waals surface area contributed by atoms with E-state index in [1.54, 1.807) is 23.5 Å². The monoisotopic (exact) mass is 312 g/mol. The first-order valence-electron chi connectivity index (χ1n) is 6.54. The van der Waals surface area contributed by atoms with E-state index in [0.29, 0.717) is 6.54 Å². The fraction of sp³-hybridized carbons (Fsp3) is 0.333. The highest BCUT2D eigenvalue weighted by atomic mass is 35.5. The number of nitrogens with zero attached hydrogens (tertiary/aromatic N) is 1. The molecular formula is C15H18ClFN2S. The molecule has 2 rings (SSSR count). The molecule has 1 aromatic heterocycles. The van der Waals surface area contributed by atoms with Crippen LogP contribution in [0, 0.1) is 5.82 Å². The zero-order chi connectivity index (χ0) is 14.5. The molecule has 0 aliphatic heterocycles. The molecular weight excluding hydrogens is 295 g/mol. The van der Waals surface area contributed by atoms with Gasteiger partial charge in [0.15, 0.2) is 0 Å². The molecule has 0 amide bonds. The normalized spacial score (nSPS) is 10.8. The van der Waals surface area contributed by atoms with Crippen molar-refractivity contribution in [3.63, 3.8) is 0 Å². The van der Waals surface area contributed by atoms with Crippen molar-refractivity contribution in [3.8, 4) is 0 Å². The lowest BCUT2D eigenvalue weighted by molar-refractivity contribution is 0.621. The highest BCUT2D eigenvalue weighted by Crippen LogP contribution is 2.25. The Morgan fingerprint density at radius 3 is 2.75 bits per heavy atom. The van der Waals surface area contributed by atoms with Gasteiger partial charge in [-0.1, -0.05) is 18.5 Å². The van der Waals surface area contributed by atoms with Crippen molar-refractivity contribution in [2.45, 2.75) is 20.0 Å². The van der Waals surface area contributed by atoms with Crippen LogP contribution in [0.15, 0.2) is 30.3 Å². The third-order valence-electron chi connectivity index (χ3n) is 2.98. The summed E-state index contributed by atoms with van der Waals surface area (Å²) in [5.74, 6) is -0.202. The molecule has 0 unspecified atom stereocenters. The minimum Gasteiger partial charge on any atom is -0.369 e. The summed E-state index contributed by atoms with van der Waals surface area (Å²) < 4.78 is 14.5. The van der Waals surface area contributed by atoms with Crippen LogP contribution in [-0.2, 0) is 13.1 Å². The van der Waals surface area contributed by atoms with Crippen LogP contribution in [0.25, 0.3) is 0 Å². The second kappa shape index (κ2) is 7.07. The highest BCUT2D eigenvalue weighted by molar-refractivity contribution is 7.16. The standard InChI is InChI=1S/C15H18ClFN2S/c1-3-18-9-11-6-12(17)8-13(7-11)19(2)10-14-4-5-15(16)20-14/h4-8,18H,3,9-10H2,1-2H3. The predicted molar refractivity (Wildman–Crippen MR) is 85.2 cm³/mol. The summed E-state index contributed by atoms with van der Waals surface area (Å²) in [5.41, 5.74) is 1.83. The molecule has 0 spiro atoms. The third-order valence-corrected chi connectivity index (χ3v) is 4.20. The number of benzene rings is 1. The summed E-state index contributed by atoms with van der Waals surface area (Å²) in [6, 6.07) is 9.04. The lowest BCUT2D eigenvalue weighted by Gasteiger charge is -2.19. The van der Waals surface area contributed by atoms with Gasteiger partial charge < -0.3 is 10.2 Å². The zero-order valence-corrected chi connectivity index (χ0v) is 13.2. The van der Waals surface area contributed by atoms with Crippen molar-refractivity contribution in [2.75, 3.05) is 18.5 Å². The molecule has 5 heteroatoms. The summed E-state index contributed by atoms with van der Waals surface area (Å²) in [6.07, 6.45) is 0. The Bertz CT molecular complexity index is 571. The number of hydrogen-bond donors (Lipinski definition) is 1. The molecule has 1 heterocycles. The number of halogens is 2. The molecule has 0 aliphatic rings. The van der Waals surface area contributed by atoms with E-state index in [0.717, 1.165) is 33.6 Å². The van der Waals surface area contributed by atoms with Crippen LogP contribution in [0.3, 0.4) is 0 Å². The first-order chi connectivity index (χ1) is 9.58. The van der Waals surface area contributed by atoms with Gasteiger partial charge in [0.1, 0.15) is 5.82 Å². The van der Waals surface area contributed by atoms with Gasteiger partial charge in [-0.05, 0) is 42.4 Å². The van der Waals surface area contributed by atoms with Gasteiger partial charge in [0, 0.05) is 24.2 Å². The van der Waals surface area contributed by atoms with Crippen molar-refractivity contribution in [1.82, 2.24) is 5.32 Å². The Hall–Kier alpha value is -1.10. The van der Waals surface area contributed by atoms with Gasteiger partial charge in [-0.2, -0.15) is 0 Å². The summed E-state index contributed by atoms with van der Waals surface area (Å²) in [5, 5.41) is 3.21. The van der Waals surface area contributed by atoms with Crippen LogP contribution >= 0.6 is 22.9 Å². The van der Waals surface area contributed by atoms with Gasteiger partial charge in [0.25, 0.3) is 0 Å². The van der Waals surface area contributed by atoms with Gasteiger partial charge >= 0.3 is 0 Å². The first kappa shape index (κ1) is 15.3.